The molecule has 1 aromatic rings. The Balaban J connectivity index is 2.48. The van der Waals surface area contributed by atoms with Gasteiger partial charge in [-0.05, 0) is 50.9 Å². The van der Waals surface area contributed by atoms with Crippen LogP contribution in [0.4, 0.5) is 13.2 Å². The monoisotopic (exact) mass is 444 g/mol. The zero-order valence-electron chi connectivity index (χ0n) is 10.9. The number of carbonyl (C=O) groups excluding carboxylic acids is 1. The lowest BCUT2D eigenvalue weighted by Gasteiger charge is -2.32. The highest BCUT2D eigenvalue weighted by atomic mass is 79.9. The highest BCUT2D eigenvalue weighted by Gasteiger charge is 2.62. The fourth-order valence-electron chi connectivity index (χ4n) is 1.97. The second-order valence-corrected chi connectivity index (χ2v) is 6.44. The molecular formula is C12H9Br2F3N2O3. The van der Waals surface area contributed by atoms with Crippen LogP contribution in [0.3, 0.4) is 0 Å². The molecule has 0 saturated heterocycles. The van der Waals surface area contributed by atoms with Crippen molar-refractivity contribution in [2.24, 2.45) is 5.10 Å². The first-order valence-electron chi connectivity index (χ1n) is 5.83. The van der Waals surface area contributed by atoms with Crippen LogP contribution in [0.1, 0.15) is 23.7 Å². The number of phenolic OH excluding ortho intramolecular Hbond substituents is 1. The van der Waals surface area contributed by atoms with Crippen LogP contribution in [0.25, 0.3) is 0 Å². The van der Waals surface area contributed by atoms with E-state index < -0.39 is 24.2 Å². The lowest BCUT2D eigenvalue weighted by Crippen LogP contribution is -2.56. The summed E-state index contributed by atoms with van der Waals surface area (Å²) in [5, 5.41) is 23.0. The van der Waals surface area contributed by atoms with Gasteiger partial charge in [0.1, 0.15) is 5.75 Å². The average Bonchev–Trinajstić information content (AvgIpc) is 2.70. The van der Waals surface area contributed by atoms with Gasteiger partial charge in [0.25, 0.3) is 11.6 Å². The number of rotatable bonds is 1. The van der Waals surface area contributed by atoms with Crippen LogP contribution >= 0.6 is 31.9 Å². The first kappa shape index (κ1) is 17.2. The van der Waals surface area contributed by atoms with Crippen molar-refractivity contribution in [3.63, 3.8) is 0 Å². The van der Waals surface area contributed by atoms with E-state index in [9.17, 15) is 28.2 Å². The zero-order chi connectivity index (χ0) is 16.9. The summed E-state index contributed by atoms with van der Waals surface area (Å²) in [6.45, 7) is 1.28. The van der Waals surface area contributed by atoms with Crippen LogP contribution in [0.5, 0.6) is 5.75 Å². The van der Waals surface area contributed by atoms with Gasteiger partial charge in [-0.3, -0.25) is 4.79 Å². The van der Waals surface area contributed by atoms with Crippen molar-refractivity contribution in [1.29, 1.82) is 0 Å². The number of phenols is 1. The normalized spacial score (nSPS) is 22.0. The van der Waals surface area contributed by atoms with Crippen molar-refractivity contribution in [2.45, 2.75) is 25.2 Å². The van der Waals surface area contributed by atoms with Gasteiger partial charge in [0.05, 0.1) is 8.95 Å². The summed E-state index contributed by atoms with van der Waals surface area (Å²) < 4.78 is 39.5. The Morgan fingerprint density at radius 2 is 1.86 bits per heavy atom. The molecule has 0 spiro atoms. The number of aliphatic hydroxyl groups is 1. The summed E-state index contributed by atoms with van der Waals surface area (Å²) >= 11 is 5.96. The van der Waals surface area contributed by atoms with Crippen LogP contribution < -0.4 is 0 Å². The molecule has 120 valence electrons. The van der Waals surface area contributed by atoms with Gasteiger partial charge < -0.3 is 10.2 Å². The Kier molecular flexibility index (Phi) is 4.31. The Hall–Kier alpha value is -1.13. The third-order valence-electron chi connectivity index (χ3n) is 3.03. The summed E-state index contributed by atoms with van der Waals surface area (Å²) in [7, 11) is 0. The lowest BCUT2D eigenvalue weighted by atomic mass is 10.1. The molecular weight excluding hydrogens is 437 g/mol. The minimum atomic E-state index is -5.06. The number of halogens is 5. The molecule has 2 rings (SSSR count). The molecule has 0 aliphatic carbocycles. The maximum absolute atomic E-state index is 13.1. The topological polar surface area (TPSA) is 73.1 Å². The van der Waals surface area contributed by atoms with Gasteiger partial charge in [0.15, 0.2) is 0 Å². The minimum Gasteiger partial charge on any atom is -0.506 e. The predicted octanol–water partition coefficient (Wildman–Crippen LogP) is 3.39. The molecule has 1 aliphatic heterocycles. The summed E-state index contributed by atoms with van der Waals surface area (Å²) in [4.78, 5) is 12.3. The largest absolute Gasteiger partial charge is 0.506 e. The highest BCUT2D eigenvalue weighted by Crippen LogP contribution is 2.41. The maximum Gasteiger partial charge on any atom is 0.438 e. The Morgan fingerprint density at radius 3 is 2.32 bits per heavy atom. The molecule has 1 aromatic carbocycles. The van der Waals surface area contributed by atoms with E-state index in [2.05, 4.69) is 37.0 Å². The smallest absolute Gasteiger partial charge is 0.438 e. The number of hydrogen-bond donors (Lipinski definition) is 2. The highest BCUT2D eigenvalue weighted by molar-refractivity contribution is 9.11. The molecule has 1 amide bonds. The molecule has 1 atom stereocenters. The second-order valence-electron chi connectivity index (χ2n) is 4.73. The first-order chi connectivity index (χ1) is 9.97. The van der Waals surface area contributed by atoms with Gasteiger partial charge in [-0.2, -0.15) is 23.3 Å². The van der Waals surface area contributed by atoms with Crippen LogP contribution in [-0.2, 0) is 0 Å². The maximum atomic E-state index is 13.1. The molecule has 1 unspecified atom stereocenters. The van der Waals surface area contributed by atoms with E-state index in [0.29, 0.717) is 0 Å². The van der Waals surface area contributed by atoms with E-state index in [0.717, 1.165) is 12.1 Å². The lowest BCUT2D eigenvalue weighted by molar-refractivity contribution is -0.297. The molecule has 2 N–H and O–H groups in total. The summed E-state index contributed by atoms with van der Waals surface area (Å²) in [6.07, 6.45) is -5.88. The van der Waals surface area contributed by atoms with Gasteiger partial charge in [-0.25, -0.2) is 0 Å². The molecule has 0 bridgehead atoms. The molecule has 0 fully saturated rings. The van der Waals surface area contributed by atoms with E-state index in [4.69, 9.17) is 0 Å². The predicted molar refractivity (Wildman–Crippen MR) is 78.4 cm³/mol. The zero-order valence-corrected chi connectivity index (χ0v) is 14.1. The van der Waals surface area contributed by atoms with Gasteiger partial charge in [-0.15, -0.1) is 0 Å². The fourth-order valence-corrected chi connectivity index (χ4v) is 3.15. The number of benzene rings is 1. The van der Waals surface area contributed by atoms with E-state index in [1.807, 2.05) is 0 Å². The Bertz CT molecular complexity index is 655. The number of aromatic hydroxyl groups is 1. The molecule has 0 saturated carbocycles. The average molecular weight is 446 g/mol. The van der Waals surface area contributed by atoms with E-state index >= 15 is 0 Å². The minimum absolute atomic E-state index is 0.0214. The molecule has 22 heavy (non-hydrogen) atoms. The standard InChI is InChI=1S/C12H9Br2F3N2O3/c1-5-4-11(22,12(15,16)17)19(18-5)10(21)6-2-7(13)9(20)8(14)3-6/h2-3,20,22H,4H2,1H3. The number of carbonyl (C=O) groups is 1. The molecule has 10 heteroatoms. The van der Waals surface area contributed by atoms with E-state index in [-0.39, 0.29) is 31.0 Å². The molecule has 1 heterocycles. The van der Waals surface area contributed by atoms with Crippen molar-refractivity contribution in [3.05, 3.63) is 26.6 Å². The summed E-state index contributed by atoms with van der Waals surface area (Å²) in [6, 6.07) is 2.28. The molecule has 0 aromatic heterocycles. The summed E-state index contributed by atoms with van der Waals surface area (Å²) in [5.74, 6) is -1.35. The number of hydrazone groups is 1. The number of amides is 1. The SMILES string of the molecule is CC1=NN(C(=O)c2cc(Br)c(O)c(Br)c2)C(O)(C(F)(F)F)C1. The number of nitrogens with zero attached hydrogens (tertiary/aromatic N) is 2. The van der Waals surface area contributed by atoms with E-state index in [1.165, 1.54) is 6.92 Å². The van der Waals surface area contributed by atoms with Crippen LogP contribution in [-0.4, -0.2) is 38.7 Å². The van der Waals surface area contributed by atoms with Gasteiger partial charge >= 0.3 is 6.18 Å². The second kappa shape index (κ2) is 5.50. The van der Waals surface area contributed by atoms with E-state index in [1.54, 1.807) is 0 Å². The fraction of sp³-hybridized carbons (Fsp3) is 0.333. The van der Waals surface area contributed by atoms with Gasteiger partial charge in [0, 0.05) is 17.7 Å². The molecule has 1 aliphatic rings. The van der Waals surface area contributed by atoms with Crippen molar-refractivity contribution in [3.8, 4) is 5.75 Å². The van der Waals surface area contributed by atoms with Gasteiger partial charge in [-0.1, -0.05) is 0 Å². The van der Waals surface area contributed by atoms with Crippen LogP contribution in [0, 0.1) is 0 Å². The first-order valence-corrected chi connectivity index (χ1v) is 7.41. The summed E-state index contributed by atoms with van der Waals surface area (Å²) in [5.41, 5.74) is -3.59. The number of alkyl halides is 3. The molecule has 0 radical (unpaired) electrons. The molecule has 5 nitrogen and oxygen atoms in total. The van der Waals surface area contributed by atoms with Crippen molar-refractivity contribution >= 4 is 43.5 Å². The Labute approximate surface area is 139 Å². The van der Waals surface area contributed by atoms with Crippen molar-refractivity contribution in [2.75, 3.05) is 0 Å². The Morgan fingerprint density at radius 1 is 1.36 bits per heavy atom. The third kappa shape index (κ3) is 2.74. The van der Waals surface area contributed by atoms with Crippen molar-refractivity contribution < 1.29 is 28.2 Å². The van der Waals surface area contributed by atoms with Crippen molar-refractivity contribution in [1.82, 2.24) is 5.01 Å². The third-order valence-corrected chi connectivity index (χ3v) is 4.24. The quantitative estimate of drug-likeness (QED) is 0.695. The van der Waals surface area contributed by atoms with Gasteiger partial charge in [0.2, 0.25) is 0 Å². The van der Waals surface area contributed by atoms with Crippen LogP contribution in [0.15, 0.2) is 26.2 Å². The number of hydrogen-bond acceptors (Lipinski definition) is 4. The van der Waals surface area contributed by atoms with Crippen LogP contribution in [0.2, 0.25) is 0 Å².